The Labute approximate surface area is 145 Å². The first-order valence-corrected chi connectivity index (χ1v) is 9.11. The first-order valence-electron chi connectivity index (χ1n) is 6.23. The second kappa shape index (κ2) is 8.71. The van der Waals surface area contributed by atoms with E-state index in [-0.39, 0.29) is 0 Å². The van der Waals surface area contributed by atoms with Crippen LogP contribution in [0.3, 0.4) is 0 Å². The highest BCUT2D eigenvalue weighted by Gasteiger charge is 2.45. The fraction of sp³-hybridized carbons (Fsp3) is 0.778. The molecule has 0 saturated heterocycles. The van der Waals surface area contributed by atoms with Crippen LogP contribution >= 0.6 is 0 Å². The lowest BCUT2D eigenvalue weighted by Gasteiger charge is -2.31. The van der Waals surface area contributed by atoms with Crippen molar-refractivity contribution in [3.8, 4) is 0 Å². The van der Waals surface area contributed by atoms with Gasteiger partial charge in [-0.05, 0) is 0 Å². The van der Waals surface area contributed by atoms with Crippen molar-refractivity contribution < 1.29 is 71.3 Å². The lowest BCUT2D eigenvalue weighted by molar-refractivity contribution is -0.170. The van der Waals surface area contributed by atoms with E-state index in [2.05, 4.69) is 0 Å². The zero-order chi connectivity index (χ0) is 21.2. The minimum absolute atomic E-state index is 2.40. The molecule has 0 rings (SSSR count). The van der Waals surface area contributed by atoms with Gasteiger partial charge < -0.3 is 35.7 Å². The van der Waals surface area contributed by atoms with Crippen LogP contribution in [0.5, 0.6) is 0 Å². The first-order chi connectivity index (χ1) is 11.4. The van der Waals surface area contributed by atoms with E-state index in [1.54, 1.807) is 0 Å². The Morgan fingerprint density at radius 3 is 0.885 bits per heavy atom. The van der Waals surface area contributed by atoms with Crippen molar-refractivity contribution in [2.24, 2.45) is 0 Å². The largest absolute Gasteiger partial charge is 0.387 e. The van der Waals surface area contributed by atoms with Crippen molar-refractivity contribution in [3.05, 3.63) is 0 Å². The van der Waals surface area contributed by atoms with E-state index in [0.29, 0.717) is 0 Å². The Balaban J connectivity index is 5.30. The molecule has 0 spiro atoms. The predicted molar refractivity (Wildman–Crippen MR) is 75.2 cm³/mol. The van der Waals surface area contributed by atoms with Crippen LogP contribution in [0, 0.1) is 0 Å². The highest BCUT2D eigenvalue weighted by molar-refractivity contribution is 8.01. The third-order valence-electron chi connectivity index (χ3n) is 3.04. The molecule has 0 fully saturated rings. The van der Waals surface area contributed by atoms with E-state index in [1.807, 2.05) is 0 Å². The third kappa shape index (κ3) is 5.96. The number of carbonyl (C=O) groups excluding carboxylic acids is 2. The van der Waals surface area contributed by atoms with Gasteiger partial charge in [-0.15, -0.1) is 0 Å². The van der Waals surface area contributed by atoms with Gasteiger partial charge in [0.15, 0.2) is 12.2 Å². The summed E-state index contributed by atoms with van der Waals surface area (Å²) < 4.78 is 58.9. The summed E-state index contributed by atoms with van der Waals surface area (Å²) in [6.45, 7) is 0. The molecule has 0 aromatic rings. The average Bonchev–Trinajstić information content (AvgIpc) is 2.53. The summed E-state index contributed by atoms with van der Waals surface area (Å²) in [6, 6.07) is 0. The molecule has 154 valence electrons. The summed E-state index contributed by atoms with van der Waals surface area (Å²) in [5.74, 6) is 0. The standard InChI is InChI=1S/C9H16O15S2/c10-1(2(11)4(13)6(15)8(17)25(19,20)21)3(12)5(14)7(16)9(18)26(22,23)24/h1-7,10-16H,(H,19,20,21)(H,22,23,24). The molecule has 26 heavy (non-hydrogen) atoms. The Morgan fingerprint density at radius 1 is 0.500 bits per heavy atom. The quantitative estimate of drug-likeness (QED) is 0.162. The van der Waals surface area contributed by atoms with Crippen LogP contribution in [0.4, 0.5) is 0 Å². The van der Waals surface area contributed by atoms with E-state index in [0.717, 1.165) is 0 Å². The number of hydrogen-bond donors (Lipinski definition) is 9. The molecule has 0 amide bonds. The van der Waals surface area contributed by atoms with Crippen LogP contribution in [-0.4, -0.2) is 115 Å². The number of aliphatic hydroxyl groups is 7. The number of rotatable bonds is 8. The fourth-order valence-corrected chi connectivity index (χ4v) is 2.45. The number of aliphatic hydroxyl groups excluding tert-OH is 7. The van der Waals surface area contributed by atoms with Crippen LogP contribution in [0.15, 0.2) is 0 Å². The molecular formula is C9H16O15S2. The molecule has 0 aliphatic carbocycles. The van der Waals surface area contributed by atoms with Gasteiger partial charge in [-0.3, -0.25) is 18.7 Å². The van der Waals surface area contributed by atoms with Crippen LogP contribution < -0.4 is 0 Å². The summed E-state index contributed by atoms with van der Waals surface area (Å²) in [6.07, 6.45) is -20.2. The van der Waals surface area contributed by atoms with Gasteiger partial charge in [0.05, 0.1) is 0 Å². The maximum absolute atomic E-state index is 11.0. The first kappa shape index (κ1) is 24.9. The Hall–Kier alpha value is -1.12. The highest BCUT2D eigenvalue weighted by Crippen LogP contribution is 2.15. The molecule has 0 saturated carbocycles. The topological polar surface area (TPSA) is 284 Å². The maximum atomic E-state index is 11.0. The average molecular weight is 428 g/mol. The van der Waals surface area contributed by atoms with Crippen LogP contribution in [0.25, 0.3) is 0 Å². The molecule has 0 aromatic heterocycles. The van der Waals surface area contributed by atoms with Crippen molar-refractivity contribution in [1.82, 2.24) is 0 Å². The molecule has 0 aromatic carbocycles. The predicted octanol–water partition coefficient (Wildman–Crippen LogP) is -6.66. The molecule has 6 atom stereocenters. The molecule has 0 radical (unpaired) electrons. The van der Waals surface area contributed by atoms with Crippen LogP contribution in [0.1, 0.15) is 0 Å². The molecule has 6 unspecified atom stereocenters. The van der Waals surface area contributed by atoms with E-state index < -0.39 is 73.2 Å². The summed E-state index contributed by atoms with van der Waals surface area (Å²) >= 11 is 0. The van der Waals surface area contributed by atoms with Gasteiger partial charge in [0.1, 0.15) is 30.5 Å². The van der Waals surface area contributed by atoms with Crippen molar-refractivity contribution in [3.63, 3.8) is 0 Å². The summed E-state index contributed by atoms with van der Waals surface area (Å²) in [5, 5.41) is 60.8. The molecule has 0 bridgehead atoms. The van der Waals surface area contributed by atoms with E-state index >= 15 is 0 Å². The van der Waals surface area contributed by atoms with Gasteiger partial charge in [-0.1, -0.05) is 0 Å². The molecule has 9 N–H and O–H groups in total. The maximum Gasteiger partial charge on any atom is 0.331 e. The molecule has 0 aliphatic heterocycles. The van der Waals surface area contributed by atoms with Crippen molar-refractivity contribution in [1.29, 1.82) is 0 Å². The molecule has 0 aliphatic rings. The molecule has 15 nitrogen and oxygen atoms in total. The lowest BCUT2D eigenvalue weighted by atomic mass is 9.95. The minimum atomic E-state index is -5.52. The summed E-state index contributed by atoms with van der Waals surface area (Å²) in [7, 11) is -11.0. The second-order valence-electron chi connectivity index (χ2n) is 4.93. The SMILES string of the molecule is O=C(C(O)C(O)C(O)C(O)C(O)C(O)C(O)C(=O)S(=O)(=O)O)S(=O)(=O)O. The van der Waals surface area contributed by atoms with Gasteiger partial charge >= 0.3 is 30.5 Å². The van der Waals surface area contributed by atoms with Crippen LogP contribution in [0.2, 0.25) is 0 Å². The molecule has 0 heterocycles. The monoisotopic (exact) mass is 428 g/mol. The third-order valence-corrected chi connectivity index (χ3v) is 4.54. The Kier molecular flexibility index (Phi) is 8.34. The zero-order valence-electron chi connectivity index (χ0n) is 12.3. The van der Waals surface area contributed by atoms with Gasteiger partial charge in [0.25, 0.3) is 0 Å². The van der Waals surface area contributed by atoms with Gasteiger partial charge in [0.2, 0.25) is 0 Å². The van der Waals surface area contributed by atoms with Gasteiger partial charge in [-0.2, -0.15) is 16.8 Å². The van der Waals surface area contributed by atoms with E-state index in [4.69, 9.17) is 9.11 Å². The Bertz CT molecular complexity index is 664. The lowest BCUT2D eigenvalue weighted by Crippen LogP contribution is -2.57. The second-order valence-corrected chi connectivity index (χ2v) is 7.64. The molecular weight excluding hydrogens is 412 g/mol. The normalized spacial score (nSPS) is 21.1. The van der Waals surface area contributed by atoms with Crippen LogP contribution in [-0.2, 0) is 29.8 Å². The molecule has 17 heteroatoms. The van der Waals surface area contributed by atoms with Gasteiger partial charge in [-0.25, -0.2) is 0 Å². The minimum Gasteiger partial charge on any atom is -0.387 e. The van der Waals surface area contributed by atoms with Crippen molar-refractivity contribution in [2.45, 2.75) is 42.7 Å². The van der Waals surface area contributed by atoms with E-state index in [1.165, 1.54) is 0 Å². The highest BCUT2D eigenvalue weighted by atomic mass is 32.2. The Morgan fingerprint density at radius 2 is 0.692 bits per heavy atom. The van der Waals surface area contributed by atoms with Gasteiger partial charge in [0, 0.05) is 0 Å². The van der Waals surface area contributed by atoms with Crippen molar-refractivity contribution >= 4 is 30.5 Å². The summed E-state index contributed by atoms with van der Waals surface area (Å²) in [5.41, 5.74) is 0. The van der Waals surface area contributed by atoms with Crippen molar-refractivity contribution in [2.75, 3.05) is 0 Å². The number of carbonyl (C=O) groups is 2. The zero-order valence-corrected chi connectivity index (χ0v) is 14.0. The number of hydrogen-bond acceptors (Lipinski definition) is 13. The fourth-order valence-electron chi connectivity index (χ4n) is 1.56. The summed E-state index contributed by atoms with van der Waals surface area (Å²) in [4.78, 5) is 22.0. The van der Waals surface area contributed by atoms with E-state index in [9.17, 15) is 62.2 Å². The smallest absolute Gasteiger partial charge is 0.331 e.